The number of rotatable bonds is 16. The fourth-order valence-corrected chi connectivity index (χ4v) is 15.4. The lowest BCUT2D eigenvalue weighted by Crippen LogP contribution is -2.10. The molecule has 112 heavy (non-hydrogen) atoms. The third-order valence-corrected chi connectivity index (χ3v) is 20.4. The summed E-state index contributed by atoms with van der Waals surface area (Å²) in [5.41, 5.74) is 23.1. The van der Waals surface area contributed by atoms with Crippen LogP contribution in [0, 0.1) is 0 Å². The van der Waals surface area contributed by atoms with E-state index in [0.717, 1.165) is 145 Å². The Morgan fingerprint density at radius 3 is 0.920 bits per heavy atom. The Balaban J connectivity index is 0.000000151. The van der Waals surface area contributed by atoms with Gasteiger partial charge in [-0.05, 0) is 144 Å². The Morgan fingerprint density at radius 2 is 0.464 bits per heavy atom. The van der Waals surface area contributed by atoms with Crippen LogP contribution >= 0.6 is 0 Å². The molecule has 0 spiro atoms. The lowest BCUT2D eigenvalue weighted by molar-refractivity contribution is 1.08. The van der Waals surface area contributed by atoms with E-state index in [-0.39, 0.29) is 0 Å². The Morgan fingerprint density at radius 1 is 0.179 bits per heavy atom. The van der Waals surface area contributed by atoms with Gasteiger partial charge in [0.05, 0.1) is 27.8 Å². The third-order valence-electron chi connectivity index (χ3n) is 20.4. The summed E-state index contributed by atoms with van der Waals surface area (Å²) in [6.45, 7) is 0. The zero-order valence-electron chi connectivity index (χ0n) is 60.9. The molecule has 20 rings (SSSR count). The normalized spacial score (nSPS) is 11.2. The van der Waals surface area contributed by atoms with Gasteiger partial charge in [-0.25, -0.2) is 29.9 Å². The predicted octanol–water partition coefficient (Wildman–Crippen LogP) is 26.2. The van der Waals surface area contributed by atoms with Crippen molar-refractivity contribution in [3.63, 3.8) is 0 Å². The van der Waals surface area contributed by atoms with Crippen LogP contribution in [0.2, 0.25) is 0 Å². The van der Waals surface area contributed by atoms with Gasteiger partial charge in [0.2, 0.25) is 0 Å². The number of hydrogen-bond acceptors (Lipinski definition) is 8. The monoisotopic (exact) mass is 1430 g/mol. The maximum absolute atomic E-state index is 5.28. The Labute approximate surface area is 649 Å². The molecule has 0 radical (unpaired) electrons. The molecule has 0 unspecified atom stereocenters. The van der Waals surface area contributed by atoms with Crippen molar-refractivity contribution in [2.24, 2.45) is 0 Å². The van der Waals surface area contributed by atoms with E-state index in [4.69, 9.17) is 29.9 Å². The van der Waals surface area contributed by atoms with Crippen LogP contribution in [0.5, 0.6) is 0 Å². The van der Waals surface area contributed by atoms with E-state index >= 15 is 0 Å². The first-order valence-corrected chi connectivity index (χ1v) is 37.6. The van der Waals surface area contributed by atoms with E-state index in [9.17, 15) is 0 Å². The topological polar surface area (TPSA) is 93.7 Å². The van der Waals surface area contributed by atoms with Crippen LogP contribution in [0.3, 0.4) is 0 Å². The minimum atomic E-state index is 0.611. The van der Waals surface area contributed by atoms with Gasteiger partial charge in [-0.2, -0.15) is 0 Å². The second-order valence-electron chi connectivity index (χ2n) is 27.4. The lowest BCUT2D eigenvalue weighted by Gasteiger charge is -2.27. The first-order valence-electron chi connectivity index (χ1n) is 37.6. The number of nitrogens with zero attached hydrogens (tertiary/aromatic N) is 10. The molecule has 20 aromatic rings. The van der Waals surface area contributed by atoms with E-state index < -0.39 is 0 Å². The van der Waals surface area contributed by atoms with Gasteiger partial charge in [-0.3, -0.25) is 0 Å². The summed E-state index contributed by atoms with van der Waals surface area (Å²) >= 11 is 0. The van der Waals surface area contributed by atoms with E-state index in [2.05, 4.69) is 395 Å². The average molecular weight is 1440 g/mol. The average Bonchev–Trinajstić information content (AvgIpc) is 1.57. The lowest BCUT2D eigenvalue weighted by atomic mass is 9.99. The number of para-hydroxylation sites is 9. The molecule has 0 saturated carbocycles. The van der Waals surface area contributed by atoms with Gasteiger partial charge in [-0.15, -0.1) is 0 Å². The van der Waals surface area contributed by atoms with Crippen LogP contribution in [0.4, 0.5) is 34.1 Å². The Kier molecular flexibility index (Phi) is 18.1. The van der Waals surface area contributed by atoms with Gasteiger partial charge >= 0.3 is 0 Å². The molecular formula is C102H70N10. The molecule has 4 heterocycles. The van der Waals surface area contributed by atoms with Crippen molar-refractivity contribution >= 4 is 77.7 Å². The molecule has 16 aromatic carbocycles. The summed E-state index contributed by atoms with van der Waals surface area (Å²) in [6, 6.07) is 148. The van der Waals surface area contributed by atoms with Crippen molar-refractivity contribution in [1.29, 1.82) is 0 Å². The van der Waals surface area contributed by atoms with Crippen LogP contribution in [-0.4, -0.2) is 39.0 Å². The van der Waals surface area contributed by atoms with Gasteiger partial charge in [0, 0.05) is 100 Å². The number of anilines is 6. The van der Waals surface area contributed by atoms with Gasteiger partial charge < -0.3 is 18.9 Å². The fourth-order valence-electron chi connectivity index (χ4n) is 15.4. The quantitative estimate of drug-likeness (QED) is 0.0944. The van der Waals surface area contributed by atoms with E-state index in [1.54, 1.807) is 0 Å². The largest absolute Gasteiger partial charge is 0.310 e. The number of benzene rings is 16. The maximum atomic E-state index is 5.28. The fraction of sp³-hybridized carbons (Fsp3) is 0. The van der Waals surface area contributed by atoms with Crippen LogP contribution in [-0.2, 0) is 0 Å². The van der Waals surface area contributed by atoms with Crippen molar-refractivity contribution in [2.45, 2.75) is 0 Å². The molecular weight excluding hydrogens is 1370 g/mol. The van der Waals surface area contributed by atoms with E-state index in [1.165, 1.54) is 0 Å². The van der Waals surface area contributed by atoms with E-state index in [1.807, 2.05) is 48.5 Å². The van der Waals surface area contributed by atoms with E-state index in [0.29, 0.717) is 34.9 Å². The maximum Gasteiger partial charge on any atom is 0.164 e. The highest BCUT2D eigenvalue weighted by Crippen LogP contribution is 2.45. The first kappa shape index (κ1) is 67.4. The number of hydrogen-bond donors (Lipinski definition) is 0. The molecule has 0 amide bonds. The van der Waals surface area contributed by atoms with Crippen molar-refractivity contribution in [3.8, 4) is 102 Å². The highest BCUT2D eigenvalue weighted by atomic mass is 15.2. The predicted molar refractivity (Wildman–Crippen MR) is 461 cm³/mol. The van der Waals surface area contributed by atoms with Crippen molar-refractivity contribution < 1.29 is 0 Å². The van der Waals surface area contributed by atoms with Crippen LogP contribution < -0.4 is 9.80 Å². The Bertz CT molecular complexity index is 6660. The first-order chi connectivity index (χ1) is 55.6. The number of fused-ring (bicyclic) bond motifs is 6. The van der Waals surface area contributed by atoms with Crippen LogP contribution in [0.15, 0.2) is 425 Å². The molecule has 10 nitrogen and oxygen atoms in total. The number of aromatic nitrogens is 8. The molecule has 10 heteroatoms. The molecule has 528 valence electrons. The molecule has 4 aromatic heterocycles. The van der Waals surface area contributed by atoms with Gasteiger partial charge in [-0.1, -0.05) is 297 Å². The summed E-state index contributed by atoms with van der Waals surface area (Å²) in [5.74, 6) is 3.73. The molecule has 0 fully saturated rings. The third kappa shape index (κ3) is 13.1. The van der Waals surface area contributed by atoms with Crippen LogP contribution in [0.25, 0.3) is 146 Å². The summed E-state index contributed by atoms with van der Waals surface area (Å²) in [5, 5.41) is 4.50. The zero-order chi connectivity index (χ0) is 74.5. The van der Waals surface area contributed by atoms with Gasteiger partial charge in [0.25, 0.3) is 0 Å². The van der Waals surface area contributed by atoms with Crippen molar-refractivity contribution in [2.75, 3.05) is 9.80 Å². The highest BCUT2D eigenvalue weighted by molar-refractivity contribution is 6.16. The summed E-state index contributed by atoms with van der Waals surface area (Å²) in [7, 11) is 0. The Hall–Kier alpha value is -15.3. The van der Waals surface area contributed by atoms with Gasteiger partial charge in [0.1, 0.15) is 0 Å². The summed E-state index contributed by atoms with van der Waals surface area (Å²) in [4.78, 5) is 35.8. The molecule has 0 aliphatic heterocycles. The second kappa shape index (κ2) is 30.2. The van der Waals surface area contributed by atoms with Crippen molar-refractivity contribution in [3.05, 3.63) is 425 Å². The second-order valence-corrected chi connectivity index (χ2v) is 27.4. The molecule has 0 saturated heterocycles. The highest BCUT2D eigenvalue weighted by Gasteiger charge is 2.24. The molecule has 0 aliphatic rings. The SMILES string of the molecule is c1ccc(-c2nc(-c3cccc(-c4cccc(N(c5ccccc5)c5ccccc5)c4)c3)nc(-c3cccc4c3c3ccccc3n4-c3ccccc3)n2)cc1.c1ccc(-c2nc(-c3cccc(-c4ccccc4N(c4ccccc4)c4ccccc4)c3)nc(-c3cccc4c3c3ccccc3n4-c3ccccc3)n2)cc1. The standard InChI is InChI=1S/2C51H35N5/c1-5-19-36(20-6-1)49-52-50(54-51(53-49)44-31-18-34-47-48(44)43-30-14-16-33-46(43)56(47)41-27-11-4-12-28-41)38-22-17-21-37(35-38)42-29-13-15-32-45(42)55(39-23-7-2-8-24-39)40-25-9-3-10-26-40;1-5-18-36(19-6-1)49-52-50(54-51(53-49)45-31-17-33-47-48(45)44-30-13-14-32-46(44)56(47)42-27-11-4-12-28-42)39-22-15-20-37(34-39)38-21-16-29-43(35-38)55(40-23-7-2-8-24-40)41-25-9-3-10-26-41/h2*1-35H. The van der Waals surface area contributed by atoms with Crippen LogP contribution in [0.1, 0.15) is 0 Å². The summed E-state index contributed by atoms with van der Waals surface area (Å²) in [6.07, 6.45) is 0. The molecule has 0 atom stereocenters. The van der Waals surface area contributed by atoms with Crippen molar-refractivity contribution in [1.82, 2.24) is 39.0 Å². The molecule has 0 aliphatic carbocycles. The summed E-state index contributed by atoms with van der Waals surface area (Å²) < 4.78 is 4.64. The minimum absolute atomic E-state index is 0.611. The molecule has 0 bridgehead atoms. The molecule has 0 N–H and O–H groups in total. The smallest absolute Gasteiger partial charge is 0.164 e. The minimum Gasteiger partial charge on any atom is -0.310 e. The van der Waals surface area contributed by atoms with Gasteiger partial charge in [0.15, 0.2) is 34.9 Å². The zero-order valence-corrected chi connectivity index (χ0v) is 60.9.